The summed E-state index contributed by atoms with van der Waals surface area (Å²) in [7, 11) is 0. The smallest absolute Gasteiger partial charge is 0.299 e. The second kappa shape index (κ2) is 4.95. The van der Waals surface area contributed by atoms with E-state index in [0.29, 0.717) is 0 Å². The molecule has 0 spiro atoms. The third-order valence-electron chi connectivity index (χ3n) is 2.58. The molecular formula is C11H8BrClFNO3. The average molecular weight is 337 g/mol. The fourth-order valence-electron chi connectivity index (χ4n) is 1.73. The van der Waals surface area contributed by atoms with E-state index < -0.39 is 23.6 Å². The van der Waals surface area contributed by atoms with E-state index in [-0.39, 0.29) is 28.1 Å². The molecule has 1 atom stereocenters. The van der Waals surface area contributed by atoms with E-state index in [1.54, 1.807) is 0 Å². The van der Waals surface area contributed by atoms with Crippen LogP contribution in [0.2, 0.25) is 0 Å². The fourth-order valence-corrected chi connectivity index (χ4v) is 2.17. The highest BCUT2D eigenvalue weighted by molar-refractivity contribution is 9.10. The summed E-state index contributed by atoms with van der Waals surface area (Å²) in [6.07, 6.45) is -0.971. The van der Waals surface area contributed by atoms with Crippen LogP contribution in [-0.4, -0.2) is 35.3 Å². The molecule has 1 N–H and O–H groups in total. The fraction of sp³-hybridized carbons (Fsp3) is 0.273. The summed E-state index contributed by atoms with van der Waals surface area (Å²) in [5, 5.41) is 9.43. The standard InChI is InChI=1S/C11H8BrClFNO3/c12-7-1-6-9(2-8(7)14)15(4-5(16)3-13)11(18)10(6)17/h1-2,5,16H,3-4H2. The van der Waals surface area contributed by atoms with Gasteiger partial charge in [0.15, 0.2) is 0 Å². The molecule has 1 aliphatic rings. The van der Waals surface area contributed by atoms with Gasteiger partial charge in [-0.05, 0) is 28.1 Å². The number of ketones is 1. The number of anilines is 1. The zero-order chi connectivity index (χ0) is 13.4. The van der Waals surface area contributed by atoms with Crippen molar-refractivity contribution in [2.24, 2.45) is 0 Å². The second-order valence-corrected chi connectivity index (χ2v) is 5.00. The molecular weight excluding hydrogens is 328 g/mol. The summed E-state index contributed by atoms with van der Waals surface area (Å²) in [5.41, 5.74) is 0.282. The van der Waals surface area contributed by atoms with Crippen molar-refractivity contribution in [3.8, 4) is 0 Å². The zero-order valence-electron chi connectivity index (χ0n) is 8.99. The lowest BCUT2D eigenvalue weighted by Gasteiger charge is -2.19. The molecule has 18 heavy (non-hydrogen) atoms. The predicted octanol–water partition coefficient (Wildman–Crippen LogP) is 1.72. The van der Waals surface area contributed by atoms with Gasteiger partial charge in [-0.2, -0.15) is 0 Å². The molecule has 4 nitrogen and oxygen atoms in total. The van der Waals surface area contributed by atoms with Crippen LogP contribution >= 0.6 is 27.5 Å². The van der Waals surface area contributed by atoms with Crippen LogP contribution in [0.4, 0.5) is 10.1 Å². The van der Waals surface area contributed by atoms with Gasteiger partial charge in [-0.3, -0.25) is 9.59 Å². The Kier molecular flexibility index (Phi) is 3.70. The molecule has 0 bridgehead atoms. The van der Waals surface area contributed by atoms with Crippen molar-refractivity contribution in [1.82, 2.24) is 0 Å². The lowest BCUT2D eigenvalue weighted by Crippen LogP contribution is -2.37. The highest BCUT2D eigenvalue weighted by Crippen LogP contribution is 2.33. The zero-order valence-corrected chi connectivity index (χ0v) is 11.3. The third kappa shape index (κ3) is 2.15. The normalized spacial score (nSPS) is 16.1. The van der Waals surface area contributed by atoms with Crippen LogP contribution in [0.1, 0.15) is 10.4 Å². The van der Waals surface area contributed by atoms with Gasteiger partial charge in [-0.15, -0.1) is 11.6 Å². The van der Waals surface area contributed by atoms with E-state index >= 15 is 0 Å². The maximum absolute atomic E-state index is 13.4. The molecule has 0 fully saturated rings. The van der Waals surface area contributed by atoms with Crippen LogP contribution in [0.15, 0.2) is 16.6 Å². The first-order chi connectivity index (χ1) is 8.45. The first kappa shape index (κ1) is 13.5. The molecule has 96 valence electrons. The molecule has 1 aromatic carbocycles. The third-order valence-corrected chi connectivity index (χ3v) is 3.55. The number of fused-ring (bicyclic) bond motifs is 1. The van der Waals surface area contributed by atoms with Crippen LogP contribution in [0, 0.1) is 5.82 Å². The van der Waals surface area contributed by atoms with Crippen LogP contribution in [0.25, 0.3) is 0 Å². The number of Topliss-reactive ketones (excluding diaryl/α,β-unsaturated/α-hetero) is 1. The number of nitrogens with zero attached hydrogens (tertiary/aromatic N) is 1. The predicted molar refractivity (Wildman–Crippen MR) is 67.5 cm³/mol. The Labute approximate surface area is 115 Å². The van der Waals surface area contributed by atoms with Crippen molar-refractivity contribution < 1.29 is 19.1 Å². The van der Waals surface area contributed by atoms with E-state index in [4.69, 9.17) is 11.6 Å². The summed E-state index contributed by atoms with van der Waals surface area (Å²) in [6, 6.07) is 2.35. The first-order valence-corrected chi connectivity index (χ1v) is 6.37. The molecule has 0 saturated heterocycles. The number of rotatable bonds is 3. The summed E-state index contributed by atoms with van der Waals surface area (Å²) in [6.45, 7) is -0.137. The number of amides is 1. The number of hydrogen-bond acceptors (Lipinski definition) is 3. The number of hydrogen-bond donors (Lipinski definition) is 1. The minimum absolute atomic E-state index is 0.0771. The van der Waals surface area contributed by atoms with Gasteiger partial charge in [0.25, 0.3) is 11.7 Å². The largest absolute Gasteiger partial charge is 0.390 e. The van der Waals surface area contributed by atoms with Crippen molar-refractivity contribution in [1.29, 1.82) is 0 Å². The van der Waals surface area contributed by atoms with E-state index in [9.17, 15) is 19.1 Å². The topological polar surface area (TPSA) is 57.6 Å². The molecule has 0 aliphatic carbocycles. The van der Waals surface area contributed by atoms with Gasteiger partial charge in [0.1, 0.15) is 5.82 Å². The molecule has 0 saturated carbocycles. The maximum atomic E-state index is 13.4. The van der Waals surface area contributed by atoms with Crippen molar-refractivity contribution in [2.75, 3.05) is 17.3 Å². The Morgan fingerprint density at radius 1 is 1.44 bits per heavy atom. The van der Waals surface area contributed by atoms with E-state index in [1.807, 2.05) is 0 Å². The molecule has 1 amide bonds. The number of halogens is 3. The van der Waals surface area contributed by atoms with Crippen molar-refractivity contribution >= 4 is 44.9 Å². The number of aliphatic hydroxyl groups is 1. The Morgan fingerprint density at radius 3 is 2.72 bits per heavy atom. The SMILES string of the molecule is O=C1C(=O)N(CC(O)CCl)c2cc(F)c(Br)cc21. The van der Waals surface area contributed by atoms with Gasteiger partial charge >= 0.3 is 0 Å². The van der Waals surface area contributed by atoms with Crippen molar-refractivity contribution in [2.45, 2.75) is 6.10 Å². The molecule has 1 aromatic rings. The Morgan fingerprint density at radius 2 is 2.11 bits per heavy atom. The molecule has 1 heterocycles. The minimum atomic E-state index is -0.971. The Balaban J connectivity index is 2.45. The second-order valence-electron chi connectivity index (χ2n) is 3.84. The lowest BCUT2D eigenvalue weighted by atomic mass is 10.1. The summed E-state index contributed by atoms with van der Waals surface area (Å²) in [5.74, 6) is -2.16. The van der Waals surface area contributed by atoms with Gasteiger partial charge in [-0.1, -0.05) is 0 Å². The minimum Gasteiger partial charge on any atom is -0.390 e. The van der Waals surface area contributed by atoms with Gasteiger partial charge in [0.05, 0.1) is 34.3 Å². The Bertz CT molecular complexity index is 537. The van der Waals surface area contributed by atoms with E-state index in [0.717, 1.165) is 11.0 Å². The Hall–Kier alpha value is -0.980. The number of benzene rings is 1. The molecule has 0 aromatic heterocycles. The van der Waals surface area contributed by atoms with Crippen molar-refractivity contribution in [3.63, 3.8) is 0 Å². The monoisotopic (exact) mass is 335 g/mol. The summed E-state index contributed by atoms with van der Waals surface area (Å²) < 4.78 is 13.5. The quantitative estimate of drug-likeness (QED) is 0.675. The van der Waals surface area contributed by atoms with E-state index in [1.165, 1.54) is 6.07 Å². The number of aliphatic hydroxyl groups excluding tert-OH is 1. The van der Waals surface area contributed by atoms with Gasteiger partial charge in [0, 0.05) is 0 Å². The average Bonchev–Trinajstić information content (AvgIpc) is 2.56. The van der Waals surface area contributed by atoms with Crippen LogP contribution in [0.5, 0.6) is 0 Å². The van der Waals surface area contributed by atoms with Crippen LogP contribution in [-0.2, 0) is 4.79 Å². The van der Waals surface area contributed by atoms with Crippen LogP contribution < -0.4 is 4.90 Å². The number of carbonyl (C=O) groups excluding carboxylic acids is 2. The highest BCUT2D eigenvalue weighted by Gasteiger charge is 2.37. The summed E-state index contributed by atoms with van der Waals surface area (Å²) >= 11 is 8.40. The highest BCUT2D eigenvalue weighted by atomic mass is 79.9. The van der Waals surface area contributed by atoms with Gasteiger partial charge < -0.3 is 10.0 Å². The van der Waals surface area contributed by atoms with Crippen molar-refractivity contribution in [3.05, 3.63) is 28.0 Å². The molecule has 7 heteroatoms. The first-order valence-electron chi connectivity index (χ1n) is 5.05. The molecule has 0 radical (unpaired) electrons. The molecule has 1 aliphatic heterocycles. The van der Waals surface area contributed by atoms with Crippen LogP contribution in [0.3, 0.4) is 0 Å². The summed E-state index contributed by atoms with van der Waals surface area (Å²) in [4.78, 5) is 24.5. The lowest BCUT2D eigenvalue weighted by molar-refractivity contribution is -0.114. The van der Waals surface area contributed by atoms with E-state index in [2.05, 4.69) is 15.9 Å². The maximum Gasteiger partial charge on any atom is 0.299 e. The van der Waals surface area contributed by atoms with Gasteiger partial charge in [-0.25, -0.2) is 4.39 Å². The van der Waals surface area contributed by atoms with Gasteiger partial charge in [0.2, 0.25) is 0 Å². The number of alkyl halides is 1. The molecule has 1 unspecified atom stereocenters. The number of carbonyl (C=O) groups is 2. The number of β-amino-alcohol motifs (C(OH)–C–C–N with tert-alkyl or cyclic N) is 1. The molecule has 2 rings (SSSR count).